The van der Waals surface area contributed by atoms with E-state index in [-0.39, 0.29) is 33.6 Å². The molecule has 1 N–H and O–H groups in total. The van der Waals surface area contributed by atoms with Crippen molar-refractivity contribution in [1.82, 2.24) is 15.2 Å². The number of hydrogen-bond acceptors (Lipinski definition) is 3. The molecule has 0 radical (unpaired) electrons. The number of nitrogens with one attached hydrogen (secondary N) is 1. The van der Waals surface area contributed by atoms with Crippen LogP contribution in [0.5, 0.6) is 0 Å². The van der Waals surface area contributed by atoms with Gasteiger partial charge < -0.3 is 10.2 Å². The number of carbonyl (C=O) groups excluding carboxylic acids is 2. The summed E-state index contributed by atoms with van der Waals surface area (Å²) in [6.07, 6.45) is 2.22. The molecule has 1 fully saturated rings. The lowest BCUT2D eigenvalue weighted by molar-refractivity contribution is -0.126. The minimum absolute atomic E-state index is 0.0293. The molecule has 2 rings (SSSR count). The lowest BCUT2D eigenvalue weighted by Crippen LogP contribution is -2.43. The van der Waals surface area contributed by atoms with Crippen molar-refractivity contribution in [1.29, 1.82) is 0 Å². The van der Waals surface area contributed by atoms with Gasteiger partial charge in [-0.2, -0.15) is 0 Å². The van der Waals surface area contributed by atoms with Crippen LogP contribution in [0.15, 0.2) is 12.1 Å². The first-order chi connectivity index (χ1) is 10.5. The quantitative estimate of drug-likeness (QED) is 0.855. The van der Waals surface area contributed by atoms with Crippen LogP contribution < -0.4 is 5.32 Å². The predicted molar refractivity (Wildman–Crippen MR) is 86.2 cm³/mol. The first kappa shape index (κ1) is 17.0. The van der Waals surface area contributed by atoms with E-state index in [0.29, 0.717) is 32.5 Å². The molecule has 0 aliphatic carbocycles. The number of hydrogen-bond donors (Lipinski definition) is 1. The van der Waals surface area contributed by atoms with Gasteiger partial charge >= 0.3 is 0 Å². The zero-order valence-electron chi connectivity index (χ0n) is 12.4. The maximum absolute atomic E-state index is 12.4. The molecule has 22 heavy (non-hydrogen) atoms. The third-order valence-corrected chi connectivity index (χ3v) is 4.23. The number of nitrogens with zero attached hydrogens (tertiary/aromatic N) is 2. The minimum Gasteiger partial charge on any atom is -0.356 e. The number of rotatable bonds is 4. The first-order valence-electron chi connectivity index (χ1n) is 7.42. The van der Waals surface area contributed by atoms with E-state index in [1.54, 1.807) is 17.0 Å². The lowest BCUT2D eigenvalue weighted by Gasteiger charge is -2.31. The molecule has 7 heteroatoms. The Morgan fingerprint density at radius 1 is 1.32 bits per heavy atom. The van der Waals surface area contributed by atoms with Gasteiger partial charge in [-0.05, 0) is 31.4 Å². The second-order valence-electron chi connectivity index (χ2n) is 5.32. The fourth-order valence-corrected chi connectivity index (χ4v) is 2.79. The second kappa shape index (κ2) is 7.79. The fraction of sp³-hybridized carbons (Fsp3) is 0.533. The Bertz CT molecular complexity index is 558. The molecule has 1 aromatic heterocycles. The van der Waals surface area contributed by atoms with E-state index in [2.05, 4.69) is 10.3 Å². The molecule has 1 aromatic rings. The van der Waals surface area contributed by atoms with Crippen molar-refractivity contribution in [3.8, 4) is 0 Å². The molecule has 0 saturated carbocycles. The molecular formula is C15H19Cl2N3O2. The summed E-state index contributed by atoms with van der Waals surface area (Å²) in [7, 11) is 0. The van der Waals surface area contributed by atoms with Gasteiger partial charge in [-0.3, -0.25) is 9.59 Å². The van der Waals surface area contributed by atoms with Crippen LogP contribution in [0, 0.1) is 5.92 Å². The van der Waals surface area contributed by atoms with Gasteiger partial charge in [0.25, 0.3) is 5.91 Å². The smallest absolute Gasteiger partial charge is 0.274 e. The van der Waals surface area contributed by atoms with Gasteiger partial charge in [-0.1, -0.05) is 30.1 Å². The third-order valence-electron chi connectivity index (χ3n) is 3.72. The largest absolute Gasteiger partial charge is 0.356 e. The predicted octanol–water partition coefficient (Wildman–Crippen LogP) is 2.77. The van der Waals surface area contributed by atoms with E-state index in [1.807, 2.05) is 6.92 Å². The monoisotopic (exact) mass is 343 g/mol. The molecule has 2 amide bonds. The molecule has 2 heterocycles. The van der Waals surface area contributed by atoms with Crippen LogP contribution in [-0.4, -0.2) is 41.3 Å². The van der Waals surface area contributed by atoms with E-state index in [4.69, 9.17) is 23.2 Å². The zero-order valence-corrected chi connectivity index (χ0v) is 14.0. The summed E-state index contributed by atoms with van der Waals surface area (Å²) < 4.78 is 0. The first-order valence-corrected chi connectivity index (χ1v) is 8.17. The molecule has 120 valence electrons. The van der Waals surface area contributed by atoms with Gasteiger partial charge in [0.05, 0.1) is 5.02 Å². The standard InChI is InChI=1S/C15H19Cl2N3O2/c1-2-7-18-14(21)10-5-8-20(9-6-10)15(22)13-11(16)3-4-12(17)19-13/h3-4,10H,2,5-9H2,1H3,(H,18,21). The molecule has 0 spiro atoms. The maximum Gasteiger partial charge on any atom is 0.274 e. The summed E-state index contributed by atoms with van der Waals surface area (Å²) in [5.41, 5.74) is 0.169. The Hall–Kier alpha value is -1.33. The van der Waals surface area contributed by atoms with Crippen molar-refractivity contribution in [3.63, 3.8) is 0 Å². The second-order valence-corrected chi connectivity index (χ2v) is 6.12. The van der Waals surface area contributed by atoms with Crippen molar-refractivity contribution in [2.45, 2.75) is 26.2 Å². The lowest BCUT2D eigenvalue weighted by atomic mass is 9.95. The van der Waals surface area contributed by atoms with Gasteiger partial charge in [0.1, 0.15) is 10.8 Å². The highest BCUT2D eigenvalue weighted by atomic mass is 35.5. The van der Waals surface area contributed by atoms with Gasteiger partial charge in [0, 0.05) is 25.6 Å². The highest BCUT2D eigenvalue weighted by Gasteiger charge is 2.29. The Labute approximate surface area is 140 Å². The average Bonchev–Trinajstić information content (AvgIpc) is 2.54. The molecule has 0 unspecified atom stereocenters. The Morgan fingerprint density at radius 2 is 2.00 bits per heavy atom. The van der Waals surface area contributed by atoms with E-state index < -0.39 is 0 Å². The van der Waals surface area contributed by atoms with Crippen molar-refractivity contribution in [3.05, 3.63) is 28.0 Å². The van der Waals surface area contributed by atoms with Gasteiger partial charge in [0.15, 0.2) is 0 Å². The SMILES string of the molecule is CCCNC(=O)C1CCN(C(=O)c2nc(Cl)ccc2Cl)CC1. The summed E-state index contributed by atoms with van der Waals surface area (Å²) in [6, 6.07) is 3.11. The number of halogens is 2. The number of carbonyl (C=O) groups is 2. The van der Waals surface area contributed by atoms with Crippen LogP contribution >= 0.6 is 23.2 Å². The van der Waals surface area contributed by atoms with Crippen LogP contribution in [0.1, 0.15) is 36.7 Å². The highest BCUT2D eigenvalue weighted by molar-refractivity contribution is 6.34. The van der Waals surface area contributed by atoms with E-state index in [9.17, 15) is 9.59 Å². The Balaban J connectivity index is 1.95. The summed E-state index contributed by atoms with van der Waals surface area (Å²) >= 11 is 11.8. The van der Waals surface area contributed by atoms with Crippen LogP contribution in [0.3, 0.4) is 0 Å². The van der Waals surface area contributed by atoms with Crippen LogP contribution in [-0.2, 0) is 4.79 Å². The molecule has 0 aromatic carbocycles. The van der Waals surface area contributed by atoms with Gasteiger partial charge in [-0.25, -0.2) is 4.98 Å². The van der Waals surface area contributed by atoms with Crippen molar-refractivity contribution in [2.24, 2.45) is 5.92 Å². The zero-order chi connectivity index (χ0) is 16.1. The van der Waals surface area contributed by atoms with Crippen molar-refractivity contribution in [2.75, 3.05) is 19.6 Å². The molecule has 1 saturated heterocycles. The topological polar surface area (TPSA) is 62.3 Å². The highest BCUT2D eigenvalue weighted by Crippen LogP contribution is 2.22. The summed E-state index contributed by atoms with van der Waals surface area (Å²) in [4.78, 5) is 30.1. The van der Waals surface area contributed by atoms with E-state index in [0.717, 1.165) is 6.42 Å². The molecule has 1 aliphatic rings. The van der Waals surface area contributed by atoms with Crippen molar-refractivity contribution < 1.29 is 9.59 Å². The molecule has 0 atom stereocenters. The Morgan fingerprint density at radius 3 is 2.64 bits per heavy atom. The van der Waals surface area contributed by atoms with Crippen molar-refractivity contribution >= 4 is 35.0 Å². The number of likely N-dealkylation sites (tertiary alicyclic amines) is 1. The Kier molecular flexibility index (Phi) is 6.03. The third kappa shape index (κ3) is 4.11. The van der Waals surface area contributed by atoms with E-state index in [1.165, 1.54) is 0 Å². The molecule has 0 bridgehead atoms. The summed E-state index contributed by atoms with van der Waals surface area (Å²) in [5, 5.41) is 3.43. The molecular weight excluding hydrogens is 325 g/mol. The number of pyridine rings is 1. The fourth-order valence-electron chi connectivity index (χ4n) is 2.46. The number of aromatic nitrogens is 1. The number of piperidine rings is 1. The maximum atomic E-state index is 12.4. The van der Waals surface area contributed by atoms with Crippen LogP contribution in [0.4, 0.5) is 0 Å². The summed E-state index contributed by atoms with van der Waals surface area (Å²) in [5.74, 6) is -0.189. The van der Waals surface area contributed by atoms with Crippen LogP contribution in [0.2, 0.25) is 10.2 Å². The average molecular weight is 344 g/mol. The van der Waals surface area contributed by atoms with E-state index >= 15 is 0 Å². The number of amides is 2. The molecule has 5 nitrogen and oxygen atoms in total. The molecule has 1 aliphatic heterocycles. The normalized spacial score (nSPS) is 15.7. The van der Waals surface area contributed by atoms with Gasteiger partial charge in [0.2, 0.25) is 5.91 Å². The summed E-state index contributed by atoms with van der Waals surface area (Å²) in [6.45, 7) is 3.75. The minimum atomic E-state index is -0.236. The van der Waals surface area contributed by atoms with Crippen LogP contribution in [0.25, 0.3) is 0 Å². The van der Waals surface area contributed by atoms with Gasteiger partial charge in [-0.15, -0.1) is 0 Å².